The maximum Gasteiger partial charge on any atom is 0.241 e. The summed E-state index contributed by atoms with van der Waals surface area (Å²) in [5.74, 6) is 1.54. The highest BCUT2D eigenvalue weighted by atomic mass is 32.2. The van der Waals surface area contributed by atoms with Gasteiger partial charge in [-0.2, -0.15) is 0 Å². The lowest BCUT2D eigenvalue weighted by Crippen LogP contribution is -2.23. The smallest absolute Gasteiger partial charge is 0.241 e. The number of rotatable bonds is 4. The highest BCUT2D eigenvalue weighted by Gasteiger charge is 2.20. The van der Waals surface area contributed by atoms with Gasteiger partial charge in [0.25, 0.3) is 0 Å². The van der Waals surface area contributed by atoms with Gasteiger partial charge in [-0.15, -0.1) is 0 Å². The Hall–Kier alpha value is -2.58. The molecule has 2 aromatic carbocycles. The predicted molar refractivity (Wildman–Crippen MR) is 85.3 cm³/mol. The summed E-state index contributed by atoms with van der Waals surface area (Å²) in [7, 11) is -3.66. The summed E-state index contributed by atoms with van der Waals surface area (Å²) in [5.41, 5.74) is 2.17. The van der Waals surface area contributed by atoms with Crippen LogP contribution in [-0.4, -0.2) is 20.2 Å². The van der Waals surface area contributed by atoms with Gasteiger partial charge >= 0.3 is 0 Å². The first-order chi connectivity index (χ1) is 11.5. The fourth-order valence-corrected chi connectivity index (χ4v) is 3.54. The number of hydrogen-bond acceptors (Lipinski definition) is 6. The molecule has 7 nitrogen and oxygen atoms in total. The summed E-state index contributed by atoms with van der Waals surface area (Å²) < 4.78 is 43.2. The lowest BCUT2D eigenvalue weighted by atomic mass is 10.2. The highest BCUT2D eigenvalue weighted by Crippen LogP contribution is 2.33. The third-order valence-corrected chi connectivity index (χ3v) is 5.08. The van der Waals surface area contributed by atoms with E-state index in [1.807, 2.05) is 0 Å². The summed E-state index contributed by atoms with van der Waals surface area (Å²) in [6.07, 6.45) is 0. The maximum atomic E-state index is 12.4. The molecular formula is C16H14N2O5S. The summed E-state index contributed by atoms with van der Waals surface area (Å²) in [6, 6.07) is 9.90. The lowest BCUT2D eigenvalue weighted by Gasteiger charge is -2.07. The van der Waals surface area contributed by atoms with Crippen molar-refractivity contribution in [2.24, 2.45) is 0 Å². The average molecular weight is 346 g/mol. The average Bonchev–Trinajstić information content (AvgIpc) is 3.16. The Balaban J connectivity index is 1.54. The van der Waals surface area contributed by atoms with Gasteiger partial charge in [-0.25, -0.2) is 18.1 Å². The molecule has 1 aliphatic heterocycles. The molecule has 0 saturated heterocycles. The standard InChI is InChI=1S/C16H14N2O5S/c1-10-18-13-6-11(2-4-14(13)23-10)8-17-24(19,20)12-3-5-15-16(7-12)22-9-21-15/h2-7,17H,8-9H2,1H3. The van der Waals surface area contributed by atoms with Crippen LogP contribution in [-0.2, 0) is 16.6 Å². The first-order valence-corrected chi connectivity index (χ1v) is 8.75. The van der Waals surface area contributed by atoms with E-state index in [-0.39, 0.29) is 18.2 Å². The largest absolute Gasteiger partial charge is 0.454 e. The van der Waals surface area contributed by atoms with Crippen molar-refractivity contribution in [3.63, 3.8) is 0 Å². The van der Waals surface area contributed by atoms with Crippen molar-refractivity contribution in [3.8, 4) is 11.5 Å². The van der Waals surface area contributed by atoms with Gasteiger partial charge in [-0.1, -0.05) is 6.07 Å². The van der Waals surface area contributed by atoms with Crippen molar-refractivity contribution in [2.45, 2.75) is 18.4 Å². The molecule has 0 amide bonds. The first kappa shape index (κ1) is 15.0. The van der Waals surface area contributed by atoms with Crippen LogP contribution < -0.4 is 14.2 Å². The van der Waals surface area contributed by atoms with E-state index in [4.69, 9.17) is 13.9 Å². The zero-order valence-electron chi connectivity index (χ0n) is 12.8. The van der Waals surface area contributed by atoms with Crippen molar-refractivity contribution in [2.75, 3.05) is 6.79 Å². The van der Waals surface area contributed by atoms with Crippen LogP contribution in [0.3, 0.4) is 0 Å². The van der Waals surface area contributed by atoms with Crippen LogP contribution in [0.15, 0.2) is 45.7 Å². The second-order valence-electron chi connectivity index (χ2n) is 5.37. The maximum absolute atomic E-state index is 12.4. The van der Waals surface area contributed by atoms with Crippen LogP contribution in [0.2, 0.25) is 0 Å². The number of ether oxygens (including phenoxy) is 2. The van der Waals surface area contributed by atoms with Gasteiger partial charge in [0.2, 0.25) is 16.8 Å². The second-order valence-corrected chi connectivity index (χ2v) is 7.14. The quantitative estimate of drug-likeness (QED) is 0.780. The minimum atomic E-state index is -3.66. The topological polar surface area (TPSA) is 90.7 Å². The van der Waals surface area contributed by atoms with Crippen LogP contribution in [0, 0.1) is 6.92 Å². The SMILES string of the molecule is Cc1nc2cc(CNS(=O)(=O)c3ccc4c(c3)OCO4)ccc2o1. The van der Waals surface area contributed by atoms with Gasteiger partial charge in [0.1, 0.15) is 5.52 Å². The van der Waals surface area contributed by atoms with Gasteiger partial charge < -0.3 is 13.9 Å². The Morgan fingerprint density at radius 2 is 1.96 bits per heavy atom. The zero-order chi connectivity index (χ0) is 16.7. The van der Waals surface area contributed by atoms with Gasteiger partial charge in [0.05, 0.1) is 4.90 Å². The molecule has 0 radical (unpaired) electrons. The van der Waals surface area contributed by atoms with Crippen LogP contribution in [0.4, 0.5) is 0 Å². The van der Waals surface area contributed by atoms with Crippen molar-refractivity contribution in [3.05, 3.63) is 47.9 Å². The molecule has 24 heavy (non-hydrogen) atoms. The van der Waals surface area contributed by atoms with Crippen molar-refractivity contribution in [1.82, 2.24) is 9.71 Å². The molecule has 3 aromatic rings. The van der Waals surface area contributed by atoms with Gasteiger partial charge in [-0.3, -0.25) is 0 Å². The van der Waals surface area contributed by atoms with Gasteiger partial charge in [-0.05, 0) is 29.8 Å². The molecule has 0 spiro atoms. The van der Waals surface area contributed by atoms with Crippen molar-refractivity contribution in [1.29, 1.82) is 0 Å². The Morgan fingerprint density at radius 1 is 1.12 bits per heavy atom. The molecule has 0 fully saturated rings. The monoisotopic (exact) mass is 346 g/mol. The van der Waals surface area contributed by atoms with E-state index in [1.54, 1.807) is 31.2 Å². The molecule has 0 aliphatic carbocycles. The van der Waals surface area contributed by atoms with E-state index in [9.17, 15) is 8.42 Å². The van der Waals surface area contributed by atoms with Crippen LogP contribution in [0.1, 0.15) is 11.5 Å². The Morgan fingerprint density at radius 3 is 2.83 bits per heavy atom. The molecule has 8 heteroatoms. The molecule has 0 unspecified atom stereocenters. The Bertz CT molecular complexity index is 1030. The molecule has 1 aliphatic rings. The van der Waals surface area contributed by atoms with E-state index in [1.165, 1.54) is 12.1 Å². The highest BCUT2D eigenvalue weighted by molar-refractivity contribution is 7.89. The molecule has 124 valence electrons. The molecule has 0 bridgehead atoms. The molecule has 4 rings (SSSR count). The number of nitrogens with zero attached hydrogens (tertiary/aromatic N) is 1. The van der Waals surface area contributed by atoms with E-state index < -0.39 is 10.0 Å². The molecule has 0 atom stereocenters. The zero-order valence-corrected chi connectivity index (χ0v) is 13.6. The normalized spacial score (nSPS) is 13.5. The van der Waals surface area contributed by atoms with Crippen LogP contribution in [0.25, 0.3) is 11.1 Å². The number of aryl methyl sites for hydroxylation is 1. The fraction of sp³-hybridized carbons (Fsp3) is 0.188. The van der Waals surface area contributed by atoms with Crippen molar-refractivity contribution >= 4 is 21.1 Å². The number of benzene rings is 2. The van der Waals surface area contributed by atoms with Gasteiger partial charge in [0, 0.05) is 19.5 Å². The van der Waals surface area contributed by atoms with E-state index in [0.29, 0.717) is 28.5 Å². The van der Waals surface area contributed by atoms with E-state index >= 15 is 0 Å². The summed E-state index contributed by atoms with van der Waals surface area (Å²) in [6.45, 7) is 2.02. The third-order valence-electron chi connectivity index (χ3n) is 3.68. The van der Waals surface area contributed by atoms with E-state index in [2.05, 4.69) is 9.71 Å². The van der Waals surface area contributed by atoms with Gasteiger partial charge in [0.15, 0.2) is 23.0 Å². The summed E-state index contributed by atoms with van der Waals surface area (Å²) in [5, 5.41) is 0. The number of nitrogens with one attached hydrogen (secondary N) is 1. The molecule has 1 N–H and O–H groups in total. The fourth-order valence-electron chi connectivity index (χ4n) is 2.50. The molecule has 2 heterocycles. The summed E-state index contributed by atoms with van der Waals surface area (Å²) >= 11 is 0. The number of aromatic nitrogens is 1. The van der Waals surface area contributed by atoms with Crippen LogP contribution >= 0.6 is 0 Å². The number of oxazole rings is 1. The number of sulfonamides is 1. The predicted octanol–water partition coefficient (Wildman–Crippen LogP) is 2.34. The molecular weight excluding hydrogens is 332 g/mol. The number of fused-ring (bicyclic) bond motifs is 2. The Labute approximate surface area is 138 Å². The molecule has 1 aromatic heterocycles. The first-order valence-electron chi connectivity index (χ1n) is 7.27. The minimum absolute atomic E-state index is 0.101. The Kier molecular flexibility index (Phi) is 3.43. The van der Waals surface area contributed by atoms with E-state index in [0.717, 1.165) is 5.56 Å². The second kappa shape index (κ2) is 5.50. The minimum Gasteiger partial charge on any atom is -0.454 e. The lowest BCUT2D eigenvalue weighted by molar-refractivity contribution is 0.174. The molecule has 0 saturated carbocycles. The summed E-state index contributed by atoms with van der Waals surface area (Å²) in [4.78, 5) is 4.37. The van der Waals surface area contributed by atoms with Crippen LogP contribution in [0.5, 0.6) is 11.5 Å². The number of hydrogen-bond donors (Lipinski definition) is 1. The van der Waals surface area contributed by atoms with Crippen molar-refractivity contribution < 1.29 is 22.3 Å². The third kappa shape index (κ3) is 2.70.